The van der Waals surface area contributed by atoms with Crippen molar-refractivity contribution in [2.75, 3.05) is 13.6 Å². The fraction of sp³-hybridized carbons (Fsp3) is 0.269. The number of para-hydroxylation sites is 1. The molecule has 2 aromatic carbocycles. The van der Waals surface area contributed by atoms with E-state index in [2.05, 4.69) is 4.98 Å². The van der Waals surface area contributed by atoms with Crippen LogP contribution in [0.3, 0.4) is 0 Å². The van der Waals surface area contributed by atoms with Crippen LogP contribution < -0.4 is 4.74 Å². The maximum Gasteiger partial charge on any atom is 0.310 e. The van der Waals surface area contributed by atoms with Crippen molar-refractivity contribution in [1.82, 2.24) is 9.88 Å². The number of amides is 1. The third-order valence-corrected chi connectivity index (χ3v) is 6.23. The van der Waals surface area contributed by atoms with Crippen LogP contribution in [0.15, 0.2) is 54.6 Å². The van der Waals surface area contributed by atoms with Crippen molar-refractivity contribution in [3.63, 3.8) is 0 Å². The molecule has 4 rings (SSSR count). The quantitative estimate of drug-likeness (QED) is 0.571. The molecule has 0 spiro atoms. The van der Waals surface area contributed by atoms with Gasteiger partial charge in [-0.25, -0.2) is 9.37 Å². The van der Waals surface area contributed by atoms with Gasteiger partial charge in [0.25, 0.3) is 5.91 Å². The first kappa shape index (κ1) is 22.5. The lowest BCUT2D eigenvalue weighted by molar-refractivity contribution is -0.147. The number of carbonyl (C=O) groups is 2. The molecule has 170 valence electrons. The highest BCUT2D eigenvalue weighted by molar-refractivity contribution is 5.94. The minimum Gasteiger partial charge on any atom is -0.481 e. The first-order chi connectivity index (χ1) is 15.6. The smallest absolute Gasteiger partial charge is 0.310 e. The molecule has 33 heavy (non-hydrogen) atoms. The third kappa shape index (κ3) is 3.84. The van der Waals surface area contributed by atoms with Crippen LogP contribution in [-0.4, -0.2) is 40.5 Å². The van der Waals surface area contributed by atoms with Gasteiger partial charge in [0.1, 0.15) is 11.6 Å². The summed E-state index contributed by atoms with van der Waals surface area (Å²) in [6.45, 7) is 5.65. The summed E-state index contributed by atoms with van der Waals surface area (Å²) in [5.74, 6) is -1.59. The summed E-state index contributed by atoms with van der Waals surface area (Å²) in [6.07, 6.45) is 0. The zero-order valence-corrected chi connectivity index (χ0v) is 18.9. The van der Waals surface area contributed by atoms with Gasteiger partial charge in [-0.1, -0.05) is 30.3 Å². The van der Waals surface area contributed by atoms with E-state index in [0.717, 1.165) is 5.56 Å². The molecule has 2 heterocycles. The van der Waals surface area contributed by atoms with Gasteiger partial charge in [0.05, 0.1) is 16.7 Å². The van der Waals surface area contributed by atoms with Gasteiger partial charge >= 0.3 is 5.97 Å². The first-order valence-electron chi connectivity index (χ1n) is 10.7. The number of hydrogen-bond acceptors (Lipinski definition) is 4. The predicted molar refractivity (Wildman–Crippen MR) is 122 cm³/mol. The standard InChI is InChI=1S/C26H25FN2O4/c1-5-29(4)24(30)16-11-10-15(14-19(16)27)20-13-12-18-22(26(2,3)25(31)32)17-8-6-7-9-21(17)33-23(18)28-20/h6-14,22H,5H2,1-4H3,(H,31,32)/t22-/m0/s1. The lowest BCUT2D eigenvalue weighted by Gasteiger charge is -2.36. The highest BCUT2D eigenvalue weighted by Gasteiger charge is 2.44. The Morgan fingerprint density at radius 2 is 1.85 bits per heavy atom. The van der Waals surface area contributed by atoms with Gasteiger partial charge in [-0.15, -0.1) is 0 Å². The molecule has 1 amide bonds. The van der Waals surface area contributed by atoms with E-state index in [-0.39, 0.29) is 11.4 Å². The molecule has 0 unspecified atom stereocenters. The number of benzene rings is 2. The molecule has 1 aliphatic rings. The SMILES string of the molecule is CCN(C)C(=O)c1ccc(-c2ccc3c(n2)Oc2ccccc2[C@@H]3C(C)(C)C(=O)O)cc1F. The molecule has 1 atom stereocenters. The minimum atomic E-state index is -1.11. The Bertz CT molecular complexity index is 1250. The second-order valence-corrected chi connectivity index (χ2v) is 8.70. The van der Waals surface area contributed by atoms with Gasteiger partial charge in [-0.3, -0.25) is 9.59 Å². The van der Waals surface area contributed by atoms with Gasteiger partial charge in [-0.2, -0.15) is 0 Å². The van der Waals surface area contributed by atoms with E-state index in [1.165, 1.54) is 17.0 Å². The lowest BCUT2D eigenvalue weighted by Crippen LogP contribution is -2.33. The maximum absolute atomic E-state index is 14.8. The van der Waals surface area contributed by atoms with E-state index >= 15 is 0 Å². The van der Waals surface area contributed by atoms with Crippen molar-refractivity contribution >= 4 is 11.9 Å². The van der Waals surface area contributed by atoms with Crippen LogP contribution in [0, 0.1) is 11.2 Å². The second-order valence-electron chi connectivity index (χ2n) is 8.70. The number of nitrogens with zero attached hydrogens (tertiary/aromatic N) is 2. The molecule has 0 bridgehead atoms. The number of halogens is 1. The Morgan fingerprint density at radius 1 is 1.12 bits per heavy atom. The fourth-order valence-corrected chi connectivity index (χ4v) is 4.10. The van der Waals surface area contributed by atoms with E-state index in [0.29, 0.717) is 29.1 Å². The molecule has 7 heteroatoms. The van der Waals surface area contributed by atoms with Crippen molar-refractivity contribution in [3.8, 4) is 22.9 Å². The van der Waals surface area contributed by atoms with Gasteiger partial charge in [0.2, 0.25) is 5.88 Å². The Hall–Kier alpha value is -3.74. The third-order valence-electron chi connectivity index (χ3n) is 6.23. The monoisotopic (exact) mass is 448 g/mol. The maximum atomic E-state index is 14.8. The van der Waals surface area contributed by atoms with Crippen LogP contribution in [0.5, 0.6) is 11.6 Å². The van der Waals surface area contributed by atoms with Gasteiger partial charge < -0.3 is 14.7 Å². The van der Waals surface area contributed by atoms with Crippen LogP contribution in [0.25, 0.3) is 11.3 Å². The van der Waals surface area contributed by atoms with Crippen molar-refractivity contribution in [1.29, 1.82) is 0 Å². The molecule has 0 radical (unpaired) electrons. The van der Waals surface area contributed by atoms with Crippen LogP contribution in [0.4, 0.5) is 4.39 Å². The number of hydrogen-bond donors (Lipinski definition) is 1. The van der Waals surface area contributed by atoms with Crippen LogP contribution >= 0.6 is 0 Å². The summed E-state index contributed by atoms with van der Waals surface area (Å²) in [5, 5.41) is 9.90. The molecule has 0 saturated carbocycles. The van der Waals surface area contributed by atoms with Crippen molar-refractivity contribution < 1.29 is 23.8 Å². The Kier molecular flexibility index (Phi) is 5.66. The number of rotatable bonds is 5. The van der Waals surface area contributed by atoms with E-state index in [1.807, 2.05) is 25.1 Å². The van der Waals surface area contributed by atoms with E-state index in [1.54, 1.807) is 45.2 Å². The summed E-state index contributed by atoms with van der Waals surface area (Å²) < 4.78 is 20.8. The number of carbonyl (C=O) groups excluding carboxylic acids is 1. The Labute approximate surface area is 191 Å². The van der Waals surface area contributed by atoms with Gasteiger partial charge in [0.15, 0.2) is 0 Å². The molecule has 6 nitrogen and oxygen atoms in total. The van der Waals surface area contributed by atoms with Crippen LogP contribution in [-0.2, 0) is 4.79 Å². The zero-order chi connectivity index (χ0) is 23.9. The number of aromatic nitrogens is 1. The van der Waals surface area contributed by atoms with Gasteiger partial charge in [-0.05, 0) is 45.0 Å². The lowest BCUT2D eigenvalue weighted by atomic mass is 9.70. The molecule has 1 N–H and O–H groups in total. The molecule has 1 aliphatic heterocycles. The summed E-state index contributed by atoms with van der Waals surface area (Å²) in [5.41, 5.74) is 1.26. The number of fused-ring (bicyclic) bond motifs is 2. The normalized spacial score (nSPS) is 14.6. The predicted octanol–water partition coefficient (Wildman–Crippen LogP) is 5.33. The van der Waals surface area contributed by atoms with Crippen molar-refractivity contribution in [2.24, 2.45) is 5.41 Å². The van der Waals surface area contributed by atoms with E-state index in [4.69, 9.17) is 4.74 Å². The number of pyridine rings is 1. The zero-order valence-electron chi connectivity index (χ0n) is 18.9. The largest absolute Gasteiger partial charge is 0.481 e. The molecule has 1 aromatic heterocycles. The first-order valence-corrected chi connectivity index (χ1v) is 10.7. The number of ether oxygens (including phenoxy) is 1. The van der Waals surface area contributed by atoms with E-state index < -0.39 is 29.0 Å². The van der Waals surface area contributed by atoms with E-state index in [9.17, 15) is 19.1 Å². The Balaban J connectivity index is 1.77. The van der Waals surface area contributed by atoms with Crippen LogP contribution in [0.1, 0.15) is 48.2 Å². The molecule has 3 aromatic rings. The van der Waals surface area contributed by atoms with Crippen LogP contribution in [0.2, 0.25) is 0 Å². The average molecular weight is 448 g/mol. The Morgan fingerprint density at radius 3 is 2.52 bits per heavy atom. The number of carboxylic acids is 1. The second kappa shape index (κ2) is 8.31. The highest BCUT2D eigenvalue weighted by Crippen LogP contribution is 2.51. The van der Waals surface area contributed by atoms with Gasteiger partial charge in [0, 0.05) is 36.2 Å². The van der Waals surface area contributed by atoms with Crippen molar-refractivity contribution in [2.45, 2.75) is 26.7 Å². The number of carboxylic acid groups (broad SMARTS) is 1. The molecule has 0 saturated heterocycles. The summed E-state index contributed by atoms with van der Waals surface area (Å²) in [4.78, 5) is 30.5. The molecule has 0 aliphatic carbocycles. The minimum absolute atomic E-state index is 0.00508. The summed E-state index contributed by atoms with van der Waals surface area (Å²) in [6, 6.07) is 15.2. The highest BCUT2D eigenvalue weighted by atomic mass is 19.1. The van der Waals surface area contributed by atoms with Crippen molar-refractivity contribution in [3.05, 3.63) is 77.1 Å². The molecular formula is C26H25FN2O4. The number of aliphatic carboxylic acids is 1. The molecule has 0 fully saturated rings. The fourth-order valence-electron chi connectivity index (χ4n) is 4.10. The topological polar surface area (TPSA) is 79.7 Å². The average Bonchev–Trinajstić information content (AvgIpc) is 2.80. The summed E-state index contributed by atoms with van der Waals surface area (Å²) >= 11 is 0. The molecular weight excluding hydrogens is 423 g/mol. The summed E-state index contributed by atoms with van der Waals surface area (Å²) in [7, 11) is 1.62.